The molecule has 0 radical (unpaired) electrons. The summed E-state index contributed by atoms with van der Waals surface area (Å²) in [5.41, 5.74) is 1.67. The molecule has 0 spiro atoms. The average molecular weight is 422 g/mol. The summed E-state index contributed by atoms with van der Waals surface area (Å²) in [6.07, 6.45) is 9.70. The van der Waals surface area contributed by atoms with Gasteiger partial charge in [-0.3, -0.25) is 9.59 Å². The summed E-state index contributed by atoms with van der Waals surface area (Å²) in [5.74, 6) is -1.02. The van der Waals surface area contributed by atoms with Crippen molar-refractivity contribution in [2.24, 2.45) is 0 Å². The second kappa shape index (κ2) is 13.6. The molecule has 0 heterocycles. The van der Waals surface area contributed by atoms with Gasteiger partial charge in [0, 0.05) is 17.5 Å². The zero-order valence-corrected chi connectivity index (χ0v) is 18.5. The van der Waals surface area contributed by atoms with Crippen molar-refractivity contribution in [3.05, 3.63) is 83.9 Å². The first-order chi connectivity index (χ1) is 14.6. The second-order valence-electron chi connectivity index (χ2n) is 7.37. The third-order valence-corrected chi connectivity index (χ3v) is 5.44. The molecule has 4 heteroatoms. The highest BCUT2D eigenvalue weighted by molar-refractivity contribution is 7.81. The molecule has 1 unspecified atom stereocenters. The average Bonchev–Trinajstić information content (AvgIpc) is 2.78. The third kappa shape index (κ3) is 8.03. The number of hydrogen-bond acceptors (Lipinski definition) is 3. The van der Waals surface area contributed by atoms with Gasteiger partial charge in [-0.2, -0.15) is 0 Å². The smallest absolute Gasteiger partial charge is 0.244 e. The van der Waals surface area contributed by atoms with Gasteiger partial charge in [-0.25, -0.2) is 0 Å². The molecule has 0 aliphatic rings. The van der Waals surface area contributed by atoms with Crippen molar-refractivity contribution >= 4 is 28.8 Å². The van der Waals surface area contributed by atoms with Gasteiger partial charge in [-0.1, -0.05) is 112 Å². The number of nitrogens with one attached hydrogen (secondary N) is 1. The van der Waals surface area contributed by atoms with Crippen LogP contribution in [-0.2, 0) is 9.59 Å². The number of benzene rings is 2. The minimum atomic E-state index is -0.591. The van der Waals surface area contributed by atoms with E-state index in [-0.39, 0.29) is 11.7 Å². The Hall–Kier alpha value is -2.59. The molecule has 0 fully saturated rings. The van der Waals surface area contributed by atoms with Crippen LogP contribution in [0.2, 0.25) is 0 Å². The molecule has 2 aromatic carbocycles. The maximum absolute atomic E-state index is 13.0. The SMILES string of the molecule is CCCCCCCCNC(=O)C=CC(=O)C(C(=S)c1ccccc1)c1ccccc1. The number of amides is 1. The number of allylic oxidation sites excluding steroid dienone is 1. The second-order valence-corrected chi connectivity index (χ2v) is 7.81. The number of unbranched alkanes of at least 4 members (excludes halogenated alkanes) is 5. The zero-order valence-electron chi connectivity index (χ0n) is 17.7. The summed E-state index contributed by atoms with van der Waals surface area (Å²) in [4.78, 5) is 25.6. The number of carbonyl (C=O) groups excluding carboxylic acids is 2. The molecule has 3 nitrogen and oxygen atoms in total. The fourth-order valence-corrected chi connectivity index (χ4v) is 3.68. The summed E-state index contributed by atoms with van der Waals surface area (Å²) in [6, 6.07) is 19.0. The lowest BCUT2D eigenvalue weighted by atomic mass is 9.88. The normalized spacial score (nSPS) is 11.9. The molecule has 2 aromatic rings. The number of thiocarbonyl (C=S) groups is 1. The van der Waals surface area contributed by atoms with Gasteiger partial charge in [0.1, 0.15) is 0 Å². The molecular weight excluding hydrogens is 390 g/mol. The predicted molar refractivity (Wildman–Crippen MR) is 128 cm³/mol. The maximum atomic E-state index is 13.0. The van der Waals surface area contributed by atoms with Crippen LogP contribution in [-0.4, -0.2) is 23.1 Å². The summed E-state index contributed by atoms with van der Waals surface area (Å²) in [6.45, 7) is 2.83. The van der Waals surface area contributed by atoms with Crippen LogP contribution in [0.25, 0.3) is 0 Å². The van der Waals surface area contributed by atoms with Crippen LogP contribution >= 0.6 is 12.2 Å². The van der Waals surface area contributed by atoms with Crippen molar-refractivity contribution < 1.29 is 9.59 Å². The van der Waals surface area contributed by atoms with E-state index in [0.29, 0.717) is 11.4 Å². The fraction of sp³-hybridized carbons (Fsp3) is 0.346. The summed E-state index contributed by atoms with van der Waals surface area (Å²) in [5, 5.41) is 2.86. The Balaban J connectivity index is 1.96. The quantitative estimate of drug-likeness (QED) is 0.193. The van der Waals surface area contributed by atoms with Crippen molar-refractivity contribution in [3.63, 3.8) is 0 Å². The summed E-state index contributed by atoms with van der Waals surface area (Å²) in [7, 11) is 0. The maximum Gasteiger partial charge on any atom is 0.244 e. The lowest BCUT2D eigenvalue weighted by Gasteiger charge is -2.16. The Morgan fingerprint density at radius 2 is 1.47 bits per heavy atom. The largest absolute Gasteiger partial charge is 0.353 e. The van der Waals surface area contributed by atoms with E-state index < -0.39 is 5.92 Å². The van der Waals surface area contributed by atoms with E-state index in [9.17, 15) is 9.59 Å². The molecule has 1 amide bonds. The van der Waals surface area contributed by atoms with E-state index in [2.05, 4.69) is 12.2 Å². The Kier molecular flexibility index (Phi) is 10.7. The number of hydrogen-bond donors (Lipinski definition) is 1. The molecule has 158 valence electrons. The molecule has 0 aliphatic heterocycles. The molecule has 0 aromatic heterocycles. The van der Waals surface area contributed by atoms with Gasteiger partial charge >= 0.3 is 0 Å². The first-order valence-electron chi connectivity index (χ1n) is 10.8. The first-order valence-corrected chi connectivity index (χ1v) is 11.2. The van der Waals surface area contributed by atoms with Gasteiger partial charge in [0.15, 0.2) is 5.78 Å². The predicted octanol–water partition coefficient (Wildman–Crippen LogP) is 5.79. The molecular formula is C26H31NO2S. The number of rotatable bonds is 13. The minimum absolute atomic E-state index is 0.190. The number of carbonyl (C=O) groups is 2. The standard InChI is InChI=1S/C26H31NO2S/c1-2-3-4-5-6-13-20-27-24(29)19-18-23(28)25(21-14-9-7-10-15-21)26(30)22-16-11-8-12-17-22/h7-12,14-19,25H,2-6,13,20H2,1H3,(H,27,29). The van der Waals surface area contributed by atoms with Crippen molar-refractivity contribution in [2.75, 3.05) is 6.54 Å². The van der Waals surface area contributed by atoms with E-state index in [1.54, 1.807) is 0 Å². The Labute approximate surface area is 185 Å². The highest BCUT2D eigenvalue weighted by Gasteiger charge is 2.24. The van der Waals surface area contributed by atoms with Gasteiger partial charge in [0.05, 0.1) is 5.92 Å². The fourth-order valence-electron chi connectivity index (χ4n) is 3.29. The van der Waals surface area contributed by atoms with Gasteiger partial charge < -0.3 is 5.32 Å². The van der Waals surface area contributed by atoms with Crippen molar-refractivity contribution in [1.29, 1.82) is 0 Å². The van der Waals surface area contributed by atoms with Gasteiger partial charge in [0.25, 0.3) is 0 Å². The van der Waals surface area contributed by atoms with Gasteiger partial charge in [-0.15, -0.1) is 0 Å². The first kappa shape index (κ1) is 23.7. The van der Waals surface area contributed by atoms with E-state index >= 15 is 0 Å². The third-order valence-electron chi connectivity index (χ3n) is 4.97. The van der Waals surface area contributed by atoms with Crippen LogP contribution in [0, 0.1) is 0 Å². The van der Waals surface area contributed by atoms with Gasteiger partial charge in [-0.05, 0) is 23.6 Å². The molecule has 1 atom stereocenters. The van der Waals surface area contributed by atoms with E-state index in [0.717, 1.165) is 24.0 Å². The molecule has 30 heavy (non-hydrogen) atoms. The van der Waals surface area contributed by atoms with Crippen LogP contribution in [0.5, 0.6) is 0 Å². The van der Waals surface area contributed by atoms with E-state index in [1.165, 1.54) is 37.8 Å². The topological polar surface area (TPSA) is 46.2 Å². The zero-order chi connectivity index (χ0) is 21.6. The van der Waals surface area contributed by atoms with Crippen molar-refractivity contribution in [1.82, 2.24) is 5.32 Å². The molecule has 0 aliphatic carbocycles. The highest BCUT2D eigenvalue weighted by atomic mass is 32.1. The van der Waals surface area contributed by atoms with Crippen LogP contribution in [0.1, 0.15) is 62.5 Å². The minimum Gasteiger partial charge on any atom is -0.353 e. The van der Waals surface area contributed by atoms with Crippen LogP contribution in [0.3, 0.4) is 0 Å². The molecule has 1 N–H and O–H groups in total. The van der Waals surface area contributed by atoms with Crippen LogP contribution < -0.4 is 5.32 Å². The molecule has 0 bridgehead atoms. The Morgan fingerprint density at radius 3 is 2.13 bits per heavy atom. The van der Waals surface area contributed by atoms with Gasteiger partial charge in [0.2, 0.25) is 5.91 Å². The van der Waals surface area contributed by atoms with Crippen molar-refractivity contribution in [3.8, 4) is 0 Å². The van der Waals surface area contributed by atoms with E-state index in [1.807, 2.05) is 60.7 Å². The van der Waals surface area contributed by atoms with Crippen LogP contribution in [0.4, 0.5) is 0 Å². The van der Waals surface area contributed by atoms with Crippen molar-refractivity contribution in [2.45, 2.75) is 51.4 Å². The highest BCUT2D eigenvalue weighted by Crippen LogP contribution is 2.23. The molecule has 0 saturated heterocycles. The van der Waals surface area contributed by atoms with Crippen LogP contribution in [0.15, 0.2) is 72.8 Å². The monoisotopic (exact) mass is 421 g/mol. The van der Waals surface area contributed by atoms with E-state index in [4.69, 9.17) is 12.2 Å². The lowest BCUT2D eigenvalue weighted by molar-refractivity contribution is -0.118. The molecule has 2 rings (SSSR count). The number of ketones is 1. The molecule has 0 saturated carbocycles. The Morgan fingerprint density at radius 1 is 0.867 bits per heavy atom. The summed E-state index contributed by atoms with van der Waals surface area (Å²) < 4.78 is 0. The summed E-state index contributed by atoms with van der Waals surface area (Å²) >= 11 is 5.65. The Bertz CT molecular complexity index is 831. The lowest BCUT2D eigenvalue weighted by Crippen LogP contribution is -2.24.